The second-order valence-corrected chi connectivity index (χ2v) is 12.2. The number of carbonyl (C=O) groups excluding carboxylic acids is 2. The van der Waals surface area contributed by atoms with Crippen LogP contribution in [0.5, 0.6) is 0 Å². The Balaban J connectivity index is 1.49. The van der Waals surface area contributed by atoms with Gasteiger partial charge in [0, 0.05) is 35.4 Å². The number of likely N-dealkylation sites (tertiary alicyclic amines) is 1. The molecule has 6 nitrogen and oxygen atoms in total. The van der Waals surface area contributed by atoms with Crippen LogP contribution < -0.4 is 5.32 Å². The average Bonchev–Trinajstić information content (AvgIpc) is 3.27. The highest BCUT2D eigenvalue weighted by Gasteiger charge is 2.63. The van der Waals surface area contributed by atoms with Crippen LogP contribution in [0.4, 0.5) is 10.5 Å². The number of rotatable bonds is 2. The number of hydrogen-bond acceptors (Lipinski definition) is 3. The fraction of sp³-hybridized carbons (Fsp3) is 0.333. The topological polar surface area (TPSA) is 61.9 Å². The number of hydrogen-bond donors (Lipinski definition) is 1. The van der Waals surface area contributed by atoms with Crippen molar-refractivity contribution in [1.29, 1.82) is 0 Å². The number of amides is 3. The van der Waals surface area contributed by atoms with Crippen LogP contribution in [0, 0.1) is 11.8 Å². The van der Waals surface area contributed by atoms with Gasteiger partial charge < -0.3 is 19.9 Å². The Morgan fingerprint density at radius 3 is 2.63 bits per heavy atom. The summed E-state index contributed by atoms with van der Waals surface area (Å²) in [5.41, 5.74) is 1.50. The van der Waals surface area contributed by atoms with E-state index in [1.165, 1.54) is 0 Å². The maximum atomic E-state index is 14.7. The molecule has 4 aliphatic rings. The van der Waals surface area contributed by atoms with E-state index in [9.17, 15) is 9.59 Å². The van der Waals surface area contributed by atoms with Gasteiger partial charge in [0.2, 0.25) is 5.91 Å². The molecule has 3 aliphatic heterocycles. The second kappa shape index (κ2) is 10.5. The summed E-state index contributed by atoms with van der Waals surface area (Å²) in [4.78, 5) is 33.0. The molecule has 1 spiro atoms. The molecule has 2 saturated heterocycles. The summed E-state index contributed by atoms with van der Waals surface area (Å²) in [5, 5.41) is 6.63. The van der Waals surface area contributed by atoms with Crippen molar-refractivity contribution >= 4 is 51.6 Å². The largest absolute Gasteiger partial charge is 0.378 e. The van der Waals surface area contributed by atoms with Gasteiger partial charge in [-0.3, -0.25) is 4.79 Å². The number of piperidine rings is 1. The van der Waals surface area contributed by atoms with Gasteiger partial charge >= 0.3 is 6.03 Å². The van der Waals surface area contributed by atoms with Crippen molar-refractivity contribution in [2.75, 3.05) is 38.2 Å². The number of carbonyl (C=O) groups is 2. The van der Waals surface area contributed by atoms with Crippen LogP contribution in [-0.2, 0) is 14.9 Å². The van der Waals surface area contributed by atoms with Crippen molar-refractivity contribution in [3.05, 3.63) is 100 Å². The second-order valence-electron chi connectivity index (χ2n) is 11.3. The fourth-order valence-corrected chi connectivity index (χ4v) is 8.01. The molecule has 210 valence electrons. The maximum Gasteiger partial charge on any atom is 0.320 e. The SMILES string of the molecule is O=C(N1CCOCC1)N1CC[C@@H](C2C=CC=C(Cl)C2)[C@]2(C(=O)Nc3cc(Cl)ccc32)[C@@H]1c1cccc2ccccc12. The highest BCUT2D eigenvalue weighted by molar-refractivity contribution is 6.31. The van der Waals surface area contributed by atoms with Crippen molar-refractivity contribution < 1.29 is 14.3 Å². The van der Waals surface area contributed by atoms with Crippen LogP contribution in [0.2, 0.25) is 5.02 Å². The minimum atomic E-state index is -1.06. The standard InChI is InChI=1S/C33H31Cl2N3O3/c34-23-8-3-7-22(19-23)27-13-14-38(32(40)37-15-17-41-18-16-37)30(26-10-4-6-21-5-1-2-9-25(21)26)33(27)28-12-11-24(35)20-29(28)36-31(33)39/h1-12,20,22,27,30H,13-19H2,(H,36,39)/t22?,27-,30-,33+/m0/s1. The van der Waals surface area contributed by atoms with E-state index >= 15 is 0 Å². The number of benzene rings is 3. The summed E-state index contributed by atoms with van der Waals surface area (Å²) >= 11 is 13.0. The van der Waals surface area contributed by atoms with Gasteiger partial charge in [0.05, 0.1) is 19.3 Å². The molecule has 41 heavy (non-hydrogen) atoms. The molecule has 1 unspecified atom stereocenters. The third-order valence-corrected chi connectivity index (χ3v) is 9.80. The van der Waals surface area contributed by atoms with Gasteiger partial charge in [-0.05, 0) is 64.8 Å². The third kappa shape index (κ3) is 4.27. The quantitative estimate of drug-likeness (QED) is 0.355. The van der Waals surface area contributed by atoms with Gasteiger partial charge in [-0.2, -0.15) is 0 Å². The minimum Gasteiger partial charge on any atom is -0.378 e. The first-order valence-electron chi connectivity index (χ1n) is 14.2. The van der Waals surface area contributed by atoms with Crippen LogP contribution in [0.3, 0.4) is 0 Å². The van der Waals surface area contributed by atoms with Gasteiger partial charge in [0.1, 0.15) is 5.41 Å². The number of nitrogens with one attached hydrogen (secondary N) is 1. The zero-order chi connectivity index (χ0) is 28.1. The molecule has 7 rings (SSSR count). The van der Waals surface area contributed by atoms with Crippen LogP contribution in [0.25, 0.3) is 10.8 Å². The Morgan fingerprint density at radius 1 is 1.00 bits per heavy atom. The summed E-state index contributed by atoms with van der Waals surface area (Å²) in [5.74, 6) is -0.185. The molecule has 1 N–H and O–H groups in total. The molecule has 3 aromatic rings. The molecule has 8 heteroatoms. The van der Waals surface area contributed by atoms with Gasteiger partial charge in [-0.25, -0.2) is 4.79 Å². The summed E-state index contributed by atoms with van der Waals surface area (Å²) in [6, 6.07) is 19.4. The number of ether oxygens (including phenoxy) is 1. The maximum absolute atomic E-state index is 14.7. The van der Waals surface area contributed by atoms with E-state index < -0.39 is 11.5 Å². The van der Waals surface area contributed by atoms with Gasteiger partial charge in [0.25, 0.3) is 0 Å². The van der Waals surface area contributed by atoms with E-state index in [2.05, 4.69) is 35.7 Å². The molecule has 4 atom stereocenters. The Hall–Kier alpha value is -3.32. The molecule has 2 fully saturated rings. The zero-order valence-electron chi connectivity index (χ0n) is 22.6. The van der Waals surface area contributed by atoms with Crippen LogP contribution in [0.15, 0.2) is 83.9 Å². The van der Waals surface area contributed by atoms with E-state index in [0.717, 1.165) is 26.9 Å². The molecular formula is C33H31Cl2N3O3. The van der Waals surface area contributed by atoms with E-state index in [0.29, 0.717) is 56.4 Å². The molecule has 3 amide bonds. The highest BCUT2D eigenvalue weighted by Crippen LogP contribution is 2.60. The number of fused-ring (bicyclic) bond motifs is 3. The first-order chi connectivity index (χ1) is 20.0. The lowest BCUT2D eigenvalue weighted by Crippen LogP contribution is -2.62. The minimum absolute atomic E-state index is 0.0259. The van der Waals surface area contributed by atoms with E-state index in [4.69, 9.17) is 27.9 Å². The molecule has 0 aromatic heterocycles. The number of nitrogens with zero attached hydrogens (tertiary/aromatic N) is 2. The number of anilines is 1. The molecule has 1 aliphatic carbocycles. The predicted molar refractivity (Wildman–Crippen MR) is 162 cm³/mol. The lowest BCUT2D eigenvalue weighted by Gasteiger charge is -2.54. The van der Waals surface area contributed by atoms with Crippen molar-refractivity contribution in [2.24, 2.45) is 11.8 Å². The van der Waals surface area contributed by atoms with Crippen molar-refractivity contribution in [3.63, 3.8) is 0 Å². The molecule has 3 heterocycles. The Morgan fingerprint density at radius 2 is 1.80 bits per heavy atom. The van der Waals surface area contributed by atoms with E-state index in [1.54, 1.807) is 0 Å². The molecule has 0 saturated carbocycles. The van der Waals surface area contributed by atoms with Crippen molar-refractivity contribution in [3.8, 4) is 0 Å². The number of allylic oxidation sites excluding steroid dienone is 4. The smallest absolute Gasteiger partial charge is 0.320 e. The number of morpholine rings is 1. The van der Waals surface area contributed by atoms with Gasteiger partial charge in [-0.1, -0.05) is 83.9 Å². The monoisotopic (exact) mass is 587 g/mol. The number of halogens is 2. The first-order valence-corrected chi connectivity index (χ1v) is 15.0. The highest BCUT2D eigenvalue weighted by atomic mass is 35.5. The summed E-state index contributed by atoms with van der Waals surface area (Å²) in [7, 11) is 0. The van der Waals surface area contributed by atoms with E-state index in [1.807, 2.05) is 58.4 Å². The Kier molecular flexibility index (Phi) is 6.81. The first kappa shape index (κ1) is 26.6. The van der Waals surface area contributed by atoms with E-state index in [-0.39, 0.29) is 23.8 Å². The Bertz CT molecular complexity index is 1590. The van der Waals surface area contributed by atoms with Crippen molar-refractivity contribution in [2.45, 2.75) is 24.3 Å². The molecule has 0 radical (unpaired) electrons. The fourth-order valence-electron chi connectivity index (χ4n) is 7.59. The summed E-state index contributed by atoms with van der Waals surface area (Å²) in [6.45, 7) is 2.59. The van der Waals surface area contributed by atoms with Gasteiger partial charge in [0.15, 0.2) is 0 Å². The third-order valence-electron chi connectivity index (χ3n) is 9.29. The number of urea groups is 1. The Labute approximate surface area is 249 Å². The lowest BCUT2D eigenvalue weighted by atomic mass is 9.56. The van der Waals surface area contributed by atoms with Gasteiger partial charge in [-0.15, -0.1) is 0 Å². The molecular weight excluding hydrogens is 557 g/mol. The van der Waals surface area contributed by atoms with Crippen molar-refractivity contribution in [1.82, 2.24) is 9.80 Å². The van der Waals surface area contributed by atoms with Crippen LogP contribution >= 0.6 is 23.2 Å². The molecule has 0 bridgehead atoms. The van der Waals surface area contributed by atoms with Crippen LogP contribution in [0.1, 0.15) is 30.0 Å². The average molecular weight is 589 g/mol. The lowest BCUT2D eigenvalue weighted by molar-refractivity contribution is -0.129. The molecule has 3 aromatic carbocycles. The summed E-state index contributed by atoms with van der Waals surface area (Å²) < 4.78 is 5.57. The zero-order valence-corrected chi connectivity index (χ0v) is 24.1. The predicted octanol–water partition coefficient (Wildman–Crippen LogP) is 6.90. The summed E-state index contributed by atoms with van der Waals surface area (Å²) in [6.07, 6.45) is 7.41. The normalized spacial score (nSPS) is 27.6. The van der Waals surface area contributed by atoms with Crippen LogP contribution in [-0.4, -0.2) is 54.6 Å².